The highest BCUT2D eigenvalue weighted by Crippen LogP contribution is 2.24. The summed E-state index contributed by atoms with van der Waals surface area (Å²) in [5.74, 6) is -0.826. The first-order valence-corrected chi connectivity index (χ1v) is 9.36. The number of nitro groups is 1. The largest absolute Gasteiger partial charge is 0.451 e. The molecule has 10 nitrogen and oxygen atoms in total. The third kappa shape index (κ3) is 4.82. The van der Waals surface area contributed by atoms with E-state index in [0.29, 0.717) is 10.4 Å². The van der Waals surface area contributed by atoms with Crippen molar-refractivity contribution in [2.75, 3.05) is 0 Å². The molecule has 11 heteroatoms. The minimum atomic E-state index is -0.871. The standard InChI is InChI=1S/C18H16N4O6S/c1-10(19-15(23)14-4-3-9-29-14)18(24)27-11(2)16-20-21-17(28-16)12-5-7-13(8-6-12)22(25)26/h3-11H,1-2H3,(H,19,23). The number of nitrogens with one attached hydrogen (secondary N) is 1. The molecule has 0 saturated carbocycles. The van der Waals surface area contributed by atoms with Crippen LogP contribution in [-0.2, 0) is 9.53 Å². The second-order valence-corrected chi connectivity index (χ2v) is 6.95. The lowest BCUT2D eigenvalue weighted by molar-refractivity contribution is -0.384. The average molecular weight is 416 g/mol. The van der Waals surface area contributed by atoms with Gasteiger partial charge in [0.2, 0.25) is 5.89 Å². The van der Waals surface area contributed by atoms with E-state index in [-0.39, 0.29) is 23.4 Å². The zero-order valence-electron chi connectivity index (χ0n) is 15.4. The predicted octanol–water partition coefficient (Wildman–Crippen LogP) is 3.13. The SMILES string of the molecule is CC(NC(=O)c1cccs1)C(=O)OC(C)c1nnc(-c2ccc([N+](=O)[O-])cc2)o1. The Morgan fingerprint density at radius 3 is 2.55 bits per heavy atom. The number of thiophene rings is 1. The molecule has 1 N–H and O–H groups in total. The number of carbonyl (C=O) groups is 2. The smallest absolute Gasteiger partial charge is 0.329 e. The minimum Gasteiger partial charge on any atom is -0.451 e. The van der Waals surface area contributed by atoms with Gasteiger partial charge in [-0.25, -0.2) is 4.79 Å². The van der Waals surface area contributed by atoms with Crippen molar-refractivity contribution in [3.8, 4) is 11.5 Å². The number of esters is 1. The Bertz CT molecular complexity index is 1020. The van der Waals surface area contributed by atoms with Crippen molar-refractivity contribution in [1.82, 2.24) is 15.5 Å². The fourth-order valence-electron chi connectivity index (χ4n) is 2.30. The molecule has 2 unspecified atom stereocenters. The van der Waals surface area contributed by atoms with Gasteiger partial charge in [0.1, 0.15) is 6.04 Å². The molecule has 2 atom stereocenters. The monoisotopic (exact) mass is 416 g/mol. The lowest BCUT2D eigenvalue weighted by atomic mass is 10.2. The van der Waals surface area contributed by atoms with Crippen LogP contribution in [0.1, 0.15) is 35.5 Å². The minimum absolute atomic E-state index is 0.0588. The molecule has 0 aliphatic rings. The molecule has 0 saturated heterocycles. The lowest BCUT2D eigenvalue weighted by Crippen LogP contribution is -2.39. The quantitative estimate of drug-likeness (QED) is 0.352. The average Bonchev–Trinajstić information content (AvgIpc) is 3.40. The van der Waals surface area contributed by atoms with E-state index in [9.17, 15) is 19.7 Å². The number of ether oxygens (including phenoxy) is 1. The number of carbonyl (C=O) groups excluding carboxylic acids is 2. The fourth-order valence-corrected chi connectivity index (χ4v) is 2.93. The van der Waals surface area contributed by atoms with Crippen LogP contribution < -0.4 is 5.32 Å². The van der Waals surface area contributed by atoms with Crippen molar-refractivity contribution in [1.29, 1.82) is 0 Å². The van der Waals surface area contributed by atoms with E-state index in [1.54, 1.807) is 24.4 Å². The molecule has 150 valence electrons. The van der Waals surface area contributed by atoms with Gasteiger partial charge in [0.05, 0.1) is 9.80 Å². The maximum Gasteiger partial charge on any atom is 0.329 e. The molecule has 3 rings (SSSR count). The number of non-ortho nitro benzene ring substituents is 1. The molecule has 2 heterocycles. The van der Waals surface area contributed by atoms with Gasteiger partial charge in [0.15, 0.2) is 6.10 Å². The molecular formula is C18H16N4O6S. The third-order valence-corrected chi connectivity index (χ3v) is 4.72. The zero-order valence-corrected chi connectivity index (χ0v) is 16.2. The van der Waals surface area contributed by atoms with Crippen molar-refractivity contribution in [2.45, 2.75) is 26.0 Å². The molecule has 3 aromatic rings. The number of benzene rings is 1. The normalized spacial score (nSPS) is 12.8. The highest BCUT2D eigenvalue weighted by molar-refractivity contribution is 7.12. The van der Waals surface area contributed by atoms with Crippen LogP contribution in [0.2, 0.25) is 0 Å². The Morgan fingerprint density at radius 2 is 1.93 bits per heavy atom. The van der Waals surface area contributed by atoms with Crippen molar-refractivity contribution in [3.63, 3.8) is 0 Å². The molecule has 0 fully saturated rings. The first-order valence-electron chi connectivity index (χ1n) is 8.48. The number of nitro benzene ring substituents is 1. The first kappa shape index (κ1) is 20.1. The Balaban J connectivity index is 1.60. The van der Waals surface area contributed by atoms with Gasteiger partial charge in [-0.2, -0.15) is 0 Å². The Hall–Kier alpha value is -3.60. The fraction of sp³-hybridized carbons (Fsp3) is 0.222. The summed E-state index contributed by atoms with van der Waals surface area (Å²) in [6.07, 6.45) is -0.845. The van der Waals surface area contributed by atoms with Crippen LogP contribution in [0, 0.1) is 10.1 Å². The van der Waals surface area contributed by atoms with Crippen LogP contribution in [0.4, 0.5) is 5.69 Å². The summed E-state index contributed by atoms with van der Waals surface area (Å²) < 4.78 is 10.8. The molecule has 1 aromatic carbocycles. The third-order valence-electron chi connectivity index (χ3n) is 3.85. The summed E-state index contributed by atoms with van der Waals surface area (Å²) in [6.45, 7) is 3.06. The van der Waals surface area contributed by atoms with Crippen LogP contribution in [0.3, 0.4) is 0 Å². The van der Waals surface area contributed by atoms with Crippen molar-refractivity contribution in [3.05, 3.63) is 62.7 Å². The van der Waals surface area contributed by atoms with Crippen LogP contribution in [-0.4, -0.2) is 33.0 Å². The van der Waals surface area contributed by atoms with E-state index in [4.69, 9.17) is 9.15 Å². The van der Waals surface area contributed by atoms with Crippen LogP contribution in [0.5, 0.6) is 0 Å². The van der Waals surface area contributed by atoms with Gasteiger partial charge in [-0.05, 0) is 37.4 Å². The Labute approximate surface area is 168 Å². The van der Waals surface area contributed by atoms with Gasteiger partial charge in [0, 0.05) is 17.7 Å². The molecule has 0 radical (unpaired) electrons. The maximum atomic E-state index is 12.2. The summed E-state index contributed by atoms with van der Waals surface area (Å²) >= 11 is 1.26. The lowest BCUT2D eigenvalue weighted by Gasteiger charge is -2.15. The van der Waals surface area contributed by atoms with Crippen molar-refractivity contribution >= 4 is 28.9 Å². The highest BCUT2D eigenvalue weighted by Gasteiger charge is 2.24. The number of hydrogen-bond acceptors (Lipinski definition) is 9. The van der Waals surface area contributed by atoms with E-state index in [1.807, 2.05) is 0 Å². The molecule has 0 aliphatic carbocycles. The highest BCUT2D eigenvalue weighted by atomic mass is 32.1. The number of aromatic nitrogens is 2. The van der Waals surface area contributed by atoms with E-state index in [0.717, 1.165) is 0 Å². The maximum absolute atomic E-state index is 12.2. The molecular weight excluding hydrogens is 400 g/mol. The summed E-state index contributed by atoms with van der Waals surface area (Å²) in [4.78, 5) is 34.9. The van der Waals surface area contributed by atoms with Gasteiger partial charge >= 0.3 is 5.97 Å². The van der Waals surface area contributed by atoms with E-state index >= 15 is 0 Å². The van der Waals surface area contributed by atoms with E-state index in [2.05, 4.69) is 15.5 Å². The van der Waals surface area contributed by atoms with Crippen LogP contribution in [0.25, 0.3) is 11.5 Å². The Morgan fingerprint density at radius 1 is 1.21 bits per heavy atom. The number of rotatable bonds is 7. The van der Waals surface area contributed by atoms with E-state index < -0.39 is 23.0 Å². The van der Waals surface area contributed by atoms with E-state index in [1.165, 1.54) is 42.5 Å². The summed E-state index contributed by atoms with van der Waals surface area (Å²) in [5, 5.41) is 22.8. The van der Waals surface area contributed by atoms with Crippen LogP contribution >= 0.6 is 11.3 Å². The van der Waals surface area contributed by atoms with Crippen molar-refractivity contribution in [2.24, 2.45) is 0 Å². The number of nitrogens with zero attached hydrogens (tertiary/aromatic N) is 3. The topological polar surface area (TPSA) is 137 Å². The second kappa shape index (κ2) is 8.61. The summed E-state index contributed by atoms with van der Waals surface area (Å²) in [5.41, 5.74) is 0.429. The molecule has 0 bridgehead atoms. The number of hydrogen-bond donors (Lipinski definition) is 1. The Kier molecular flexibility index (Phi) is 5.98. The molecule has 0 spiro atoms. The van der Waals surface area contributed by atoms with Gasteiger partial charge < -0.3 is 14.5 Å². The molecule has 2 aromatic heterocycles. The predicted molar refractivity (Wildman–Crippen MR) is 102 cm³/mol. The second-order valence-electron chi connectivity index (χ2n) is 6.00. The molecule has 1 amide bonds. The molecule has 0 aliphatic heterocycles. The first-order chi connectivity index (χ1) is 13.8. The summed E-state index contributed by atoms with van der Waals surface area (Å²) in [7, 11) is 0. The van der Waals surface area contributed by atoms with Crippen LogP contribution in [0.15, 0.2) is 46.2 Å². The van der Waals surface area contributed by atoms with Gasteiger partial charge in [-0.3, -0.25) is 14.9 Å². The van der Waals surface area contributed by atoms with Gasteiger partial charge in [-0.1, -0.05) is 6.07 Å². The van der Waals surface area contributed by atoms with Gasteiger partial charge in [-0.15, -0.1) is 21.5 Å². The van der Waals surface area contributed by atoms with Crippen molar-refractivity contribution < 1.29 is 23.7 Å². The van der Waals surface area contributed by atoms with Gasteiger partial charge in [0.25, 0.3) is 17.5 Å². The zero-order chi connectivity index (χ0) is 21.0. The molecule has 29 heavy (non-hydrogen) atoms. The number of amides is 1. The summed E-state index contributed by atoms with van der Waals surface area (Å²) in [6, 6.07) is 8.12.